The number of imide groups is 1. The highest BCUT2D eigenvalue weighted by Crippen LogP contribution is 2.38. The molecule has 2 aromatic heterocycles. The van der Waals surface area contributed by atoms with E-state index < -0.39 is 5.91 Å². The largest absolute Gasteiger partial charge is 0.282 e. The number of likely N-dealkylation sites (tertiary alicyclic amines) is 1. The van der Waals surface area contributed by atoms with Crippen LogP contribution in [-0.4, -0.2) is 38.8 Å². The molecule has 5 rings (SSSR count). The lowest BCUT2D eigenvalue weighted by molar-refractivity contribution is -0.140. The Labute approximate surface area is 194 Å². The Hall–Kier alpha value is -3.33. The van der Waals surface area contributed by atoms with E-state index in [2.05, 4.69) is 10.4 Å². The highest BCUT2D eigenvalue weighted by atomic mass is 32.1. The molecular formula is C24H24N4O4S. The van der Waals surface area contributed by atoms with Gasteiger partial charge >= 0.3 is 0 Å². The van der Waals surface area contributed by atoms with E-state index in [1.165, 1.54) is 22.6 Å². The fourth-order valence-corrected chi connectivity index (χ4v) is 5.72. The lowest BCUT2D eigenvalue weighted by Gasteiger charge is -2.19. The number of thiophene rings is 1. The molecule has 0 bridgehead atoms. The van der Waals surface area contributed by atoms with Crippen molar-refractivity contribution < 1.29 is 14.4 Å². The zero-order valence-corrected chi connectivity index (χ0v) is 19.1. The molecule has 3 aromatic rings. The van der Waals surface area contributed by atoms with Gasteiger partial charge in [-0.1, -0.05) is 42.7 Å². The number of benzene rings is 1. The van der Waals surface area contributed by atoms with Crippen LogP contribution in [0.15, 0.2) is 40.8 Å². The molecule has 170 valence electrons. The number of aryl methyl sites for hydroxylation is 1. The van der Waals surface area contributed by atoms with Crippen LogP contribution in [0.4, 0.5) is 0 Å². The van der Waals surface area contributed by atoms with Gasteiger partial charge in [0.1, 0.15) is 11.2 Å². The monoisotopic (exact) mass is 464 g/mol. The Morgan fingerprint density at radius 3 is 2.42 bits per heavy atom. The molecule has 2 atom stereocenters. The molecule has 1 saturated carbocycles. The van der Waals surface area contributed by atoms with E-state index in [9.17, 15) is 19.2 Å². The third kappa shape index (κ3) is 3.86. The summed E-state index contributed by atoms with van der Waals surface area (Å²) in [6, 6.07) is 7.86. The summed E-state index contributed by atoms with van der Waals surface area (Å²) in [6.07, 6.45) is 4.61. The standard InChI is InChI=1S/C24H24N4O4S/c1-14-6-8-15(9-7-14)18-12-33-21-20(18)24(32)28(13-25-21)26-19(29)10-11-27-22(30)16-4-2-3-5-17(16)23(27)31/h6-9,12-13,16-17H,2-5,10-11H2,1H3,(H,26,29). The summed E-state index contributed by atoms with van der Waals surface area (Å²) >= 11 is 1.37. The molecule has 1 saturated heterocycles. The molecular weight excluding hydrogens is 440 g/mol. The van der Waals surface area contributed by atoms with Gasteiger partial charge < -0.3 is 0 Å². The van der Waals surface area contributed by atoms with Gasteiger partial charge in [-0.2, -0.15) is 0 Å². The van der Waals surface area contributed by atoms with Gasteiger partial charge in [-0.25, -0.2) is 9.66 Å². The van der Waals surface area contributed by atoms with E-state index >= 15 is 0 Å². The number of fused-ring (bicyclic) bond motifs is 2. The predicted molar refractivity (Wildman–Crippen MR) is 125 cm³/mol. The van der Waals surface area contributed by atoms with Crippen LogP contribution in [0.5, 0.6) is 0 Å². The number of carbonyl (C=O) groups is 3. The van der Waals surface area contributed by atoms with Gasteiger partial charge in [-0.15, -0.1) is 11.3 Å². The Morgan fingerprint density at radius 2 is 1.76 bits per heavy atom. The minimum atomic E-state index is -0.458. The maximum Gasteiger partial charge on any atom is 0.281 e. The molecule has 8 nitrogen and oxygen atoms in total. The van der Waals surface area contributed by atoms with Crippen LogP contribution in [0, 0.1) is 18.8 Å². The van der Waals surface area contributed by atoms with Gasteiger partial charge in [0.05, 0.1) is 17.2 Å². The first-order valence-electron chi connectivity index (χ1n) is 11.1. The van der Waals surface area contributed by atoms with E-state index in [0.717, 1.165) is 47.0 Å². The first-order valence-corrected chi connectivity index (χ1v) is 12.0. The third-order valence-electron chi connectivity index (χ3n) is 6.60. The van der Waals surface area contributed by atoms with E-state index in [1.807, 2.05) is 36.6 Å². The highest BCUT2D eigenvalue weighted by Gasteiger charge is 2.47. The lowest BCUT2D eigenvalue weighted by Crippen LogP contribution is -2.37. The predicted octanol–water partition coefficient (Wildman–Crippen LogP) is 3.07. The van der Waals surface area contributed by atoms with Crippen molar-refractivity contribution in [3.8, 4) is 11.1 Å². The molecule has 1 N–H and O–H groups in total. The summed E-state index contributed by atoms with van der Waals surface area (Å²) in [7, 11) is 0. The summed E-state index contributed by atoms with van der Waals surface area (Å²) < 4.78 is 1.07. The van der Waals surface area contributed by atoms with E-state index in [0.29, 0.717) is 10.2 Å². The van der Waals surface area contributed by atoms with Gasteiger partial charge in [0.15, 0.2) is 0 Å². The zero-order valence-electron chi connectivity index (χ0n) is 18.2. The molecule has 1 aromatic carbocycles. The lowest BCUT2D eigenvalue weighted by atomic mass is 9.81. The molecule has 0 radical (unpaired) electrons. The second kappa shape index (κ2) is 8.55. The third-order valence-corrected chi connectivity index (χ3v) is 7.48. The number of rotatable bonds is 5. The van der Waals surface area contributed by atoms with E-state index in [-0.39, 0.29) is 42.2 Å². The molecule has 3 heterocycles. The van der Waals surface area contributed by atoms with Crippen LogP contribution in [-0.2, 0) is 14.4 Å². The smallest absolute Gasteiger partial charge is 0.281 e. The molecule has 2 aliphatic rings. The number of hydrogen-bond donors (Lipinski definition) is 1. The molecule has 2 fully saturated rings. The molecule has 33 heavy (non-hydrogen) atoms. The van der Waals surface area contributed by atoms with Crippen LogP contribution >= 0.6 is 11.3 Å². The van der Waals surface area contributed by atoms with Crippen LogP contribution < -0.4 is 11.0 Å². The second-order valence-corrected chi connectivity index (χ2v) is 9.58. The minimum absolute atomic E-state index is 0.0218. The van der Waals surface area contributed by atoms with E-state index in [4.69, 9.17) is 0 Å². The van der Waals surface area contributed by atoms with Crippen LogP contribution in [0.25, 0.3) is 21.3 Å². The average molecular weight is 465 g/mol. The number of amides is 3. The summed E-state index contributed by atoms with van der Waals surface area (Å²) in [4.78, 5) is 57.0. The van der Waals surface area contributed by atoms with Crippen molar-refractivity contribution in [2.24, 2.45) is 11.8 Å². The molecule has 0 spiro atoms. The first-order chi connectivity index (χ1) is 15.9. The quantitative estimate of drug-likeness (QED) is 0.585. The Morgan fingerprint density at radius 1 is 1.09 bits per heavy atom. The Balaban J connectivity index is 1.31. The number of hydrogen-bond acceptors (Lipinski definition) is 6. The van der Waals surface area contributed by atoms with Crippen LogP contribution in [0.1, 0.15) is 37.7 Å². The van der Waals surface area contributed by atoms with Crippen molar-refractivity contribution in [2.45, 2.75) is 39.0 Å². The van der Waals surface area contributed by atoms with E-state index in [1.54, 1.807) is 0 Å². The summed E-state index contributed by atoms with van der Waals surface area (Å²) in [5.41, 5.74) is 4.98. The maximum atomic E-state index is 13.1. The second-order valence-electron chi connectivity index (χ2n) is 8.73. The average Bonchev–Trinajstić information content (AvgIpc) is 3.35. The van der Waals surface area contributed by atoms with Crippen molar-refractivity contribution in [3.63, 3.8) is 0 Å². The SMILES string of the molecule is Cc1ccc(-c2csc3ncn(NC(=O)CCN4C(=O)C5CCCCC5C4=O)c(=O)c23)cc1. The van der Waals surface area contributed by atoms with Gasteiger partial charge in [0.2, 0.25) is 17.7 Å². The Bertz CT molecular complexity index is 1290. The van der Waals surface area contributed by atoms with Crippen LogP contribution in [0.2, 0.25) is 0 Å². The van der Waals surface area contributed by atoms with Gasteiger partial charge in [0, 0.05) is 23.9 Å². The van der Waals surface area contributed by atoms with Crippen LogP contribution in [0.3, 0.4) is 0 Å². The fraction of sp³-hybridized carbons (Fsp3) is 0.375. The van der Waals surface area contributed by atoms with Gasteiger partial charge in [-0.3, -0.25) is 29.5 Å². The minimum Gasteiger partial charge on any atom is -0.282 e. The van der Waals surface area contributed by atoms with Crippen molar-refractivity contribution >= 4 is 39.3 Å². The number of nitrogens with one attached hydrogen (secondary N) is 1. The maximum absolute atomic E-state index is 13.1. The number of nitrogens with zero attached hydrogens (tertiary/aromatic N) is 3. The van der Waals surface area contributed by atoms with Crippen molar-refractivity contribution in [3.05, 3.63) is 51.9 Å². The van der Waals surface area contributed by atoms with Crippen molar-refractivity contribution in [1.82, 2.24) is 14.6 Å². The topological polar surface area (TPSA) is 101 Å². The highest BCUT2D eigenvalue weighted by molar-refractivity contribution is 7.17. The van der Waals surface area contributed by atoms with Crippen molar-refractivity contribution in [2.75, 3.05) is 12.0 Å². The van der Waals surface area contributed by atoms with Gasteiger partial charge in [0.25, 0.3) is 5.56 Å². The number of carbonyl (C=O) groups excluding carboxylic acids is 3. The van der Waals surface area contributed by atoms with Gasteiger partial charge in [-0.05, 0) is 25.3 Å². The first kappa shape index (κ1) is 21.5. The summed E-state index contributed by atoms with van der Waals surface area (Å²) in [6.45, 7) is 2.02. The Kier molecular flexibility index (Phi) is 5.57. The molecule has 2 unspecified atom stereocenters. The molecule has 9 heteroatoms. The molecule has 3 amide bonds. The zero-order chi connectivity index (χ0) is 23.1. The molecule has 1 aliphatic heterocycles. The number of aromatic nitrogens is 2. The molecule has 1 aliphatic carbocycles. The normalized spacial score (nSPS) is 20.3. The fourth-order valence-electron chi connectivity index (χ4n) is 4.81. The summed E-state index contributed by atoms with van der Waals surface area (Å²) in [5, 5.41) is 2.33. The summed E-state index contributed by atoms with van der Waals surface area (Å²) in [5.74, 6) is -1.26. The van der Waals surface area contributed by atoms with Crippen molar-refractivity contribution in [1.29, 1.82) is 0 Å².